The summed E-state index contributed by atoms with van der Waals surface area (Å²) in [4.78, 5) is 7.43. The van der Waals surface area contributed by atoms with Crippen molar-refractivity contribution in [1.82, 2.24) is 9.97 Å². The molecule has 0 saturated heterocycles. The molecule has 0 aliphatic carbocycles. The molecular formula is C9H13ClF2N2O. The van der Waals surface area contributed by atoms with Crippen LogP contribution in [0.2, 0.25) is 5.28 Å². The van der Waals surface area contributed by atoms with E-state index in [1.165, 1.54) is 6.20 Å². The first-order valence-electron chi connectivity index (χ1n) is 4.47. The van der Waals surface area contributed by atoms with E-state index in [9.17, 15) is 8.78 Å². The molecule has 0 saturated carbocycles. The number of ether oxygens (including phenoxy) is 1. The van der Waals surface area contributed by atoms with E-state index in [0.29, 0.717) is 11.3 Å². The molecule has 1 rings (SSSR count). The Morgan fingerprint density at radius 2 is 2.07 bits per heavy atom. The van der Waals surface area contributed by atoms with Gasteiger partial charge in [0, 0.05) is 17.5 Å². The van der Waals surface area contributed by atoms with E-state index >= 15 is 0 Å². The molecular weight excluding hydrogens is 226 g/mol. The topological polar surface area (TPSA) is 35.0 Å². The second kappa shape index (κ2) is 7.48. The van der Waals surface area contributed by atoms with Crippen molar-refractivity contribution in [2.24, 2.45) is 0 Å². The third-order valence-corrected chi connectivity index (χ3v) is 1.60. The van der Waals surface area contributed by atoms with Gasteiger partial charge in [-0.1, -0.05) is 13.8 Å². The maximum Gasteiger partial charge on any atom is 0.345 e. The van der Waals surface area contributed by atoms with Crippen LogP contribution in [0.4, 0.5) is 8.78 Å². The summed E-state index contributed by atoms with van der Waals surface area (Å²) in [6.07, 6.45) is 1.37. The number of rotatable bonds is 3. The molecule has 0 N–H and O–H groups in total. The highest BCUT2D eigenvalue weighted by Gasteiger charge is 2.06. The third kappa shape index (κ3) is 5.59. The van der Waals surface area contributed by atoms with Crippen LogP contribution in [-0.4, -0.2) is 16.6 Å². The number of aromatic nitrogens is 2. The summed E-state index contributed by atoms with van der Waals surface area (Å²) in [5.74, 6) is 0. The smallest absolute Gasteiger partial charge is 0.318 e. The Balaban J connectivity index is 0.000000921. The van der Waals surface area contributed by atoms with Gasteiger partial charge in [-0.15, -0.1) is 0 Å². The van der Waals surface area contributed by atoms with Crippen molar-refractivity contribution in [1.29, 1.82) is 0 Å². The van der Waals surface area contributed by atoms with Crippen LogP contribution in [0, 0.1) is 6.92 Å². The van der Waals surface area contributed by atoms with Crippen LogP contribution in [0.5, 0.6) is 0 Å². The lowest BCUT2D eigenvalue weighted by atomic mass is 10.3. The number of alkyl halides is 2. The average Bonchev–Trinajstić information content (AvgIpc) is 2.19. The fourth-order valence-electron chi connectivity index (χ4n) is 0.758. The lowest BCUT2D eigenvalue weighted by Crippen LogP contribution is -2.02. The van der Waals surface area contributed by atoms with E-state index < -0.39 is 6.61 Å². The summed E-state index contributed by atoms with van der Waals surface area (Å²) >= 11 is 5.47. The van der Waals surface area contributed by atoms with Gasteiger partial charge in [-0.3, -0.25) is 0 Å². The molecule has 6 heteroatoms. The van der Waals surface area contributed by atoms with Crippen LogP contribution in [0.25, 0.3) is 0 Å². The van der Waals surface area contributed by atoms with Gasteiger partial charge < -0.3 is 4.74 Å². The van der Waals surface area contributed by atoms with E-state index in [1.54, 1.807) is 6.92 Å². The van der Waals surface area contributed by atoms with Gasteiger partial charge in [0.15, 0.2) is 0 Å². The third-order valence-electron chi connectivity index (χ3n) is 1.42. The Morgan fingerprint density at radius 3 is 2.53 bits per heavy atom. The summed E-state index contributed by atoms with van der Waals surface area (Å²) in [7, 11) is 0. The molecule has 0 amide bonds. The number of hydrogen-bond donors (Lipinski definition) is 0. The van der Waals surface area contributed by atoms with Gasteiger partial charge in [0.2, 0.25) is 5.28 Å². The summed E-state index contributed by atoms with van der Waals surface area (Å²) in [5, 5.41) is 0.0956. The summed E-state index contributed by atoms with van der Waals surface area (Å²) in [6, 6.07) is 0. The molecule has 0 bridgehead atoms. The van der Waals surface area contributed by atoms with Crippen molar-refractivity contribution in [2.45, 2.75) is 34.0 Å². The zero-order valence-electron chi connectivity index (χ0n) is 8.80. The van der Waals surface area contributed by atoms with E-state index in [2.05, 4.69) is 14.7 Å². The molecule has 1 aromatic heterocycles. The molecule has 0 unspecified atom stereocenters. The van der Waals surface area contributed by atoms with Crippen molar-refractivity contribution < 1.29 is 13.5 Å². The summed E-state index contributed by atoms with van der Waals surface area (Å²) in [6.45, 7) is 2.66. The monoisotopic (exact) mass is 238 g/mol. The summed E-state index contributed by atoms with van der Waals surface area (Å²) in [5.41, 5.74) is 1.05. The lowest BCUT2D eigenvalue weighted by molar-refractivity contribution is -0.137. The largest absolute Gasteiger partial charge is 0.345 e. The van der Waals surface area contributed by atoms with Gasteiger partial charge in [0.25, 0.3) is 0 Å². The fraction of sp³-hybridized carbons (Fsp3) is 0.556. The molecule has 0 aromatic carbocycles. The highest BCUT2D eigenvalue weighted by molar-refractivity contribution is 6.28. The number of halogens is 3. The number of aryl methyl sites for hydroxylation is 1. The lowest BCUT2D eigenvalue weighted by Gasteiger charge is -2.04. The Kier molecular flexibility index (Phi) is 7.07. The fourth-order valence-corrected chi connectivity index (χ4v) is 0.934. The molecule has 0 fully saturated rings. The van der Waals surface area contributed by atoms with Gasteiger partial charge in [-0.05, 0) is 18.5 Å². The minimum absolute atomic E-state index is 0.0956. The predicted molar refractivity (Wildman–Crippen MR) is 53.9 cm³/mol. The van der Waals surface area contributed by atoms with Gasteiger partial charge in [0.05, 0.1) is 6.61 Å². The van der Waals surface area contributed by atoms with Gasteiger partial charge in [-0.25, -0.2) is 9.97 Å². The molecule has 0 spiro atoms. The molecule has 86 valence electrons. The molecule has 3 nitrogen and oxygen atoms in total. The Morgan fingerprint density at radius 1 is 1.47 bits per heavy atom. The van der Waals surface area contributed by atoms with Crippen LogP contribution in [0.3, 0.4) is 0 Å². The van der Waals surface area contributed by atoms with Gasteiger partial charge in [0.1, 0.15) is 0 Å². The maximum absolute atomic E-state index is 11.6. The van der Waals surface area contributed by atoms with E-state index in [-0.39, 0.29) is 11.9 Å². The maximum atomic E-state index is 11.6. The second-order valence-electron chi connectivity index (χ2n) is 2.32. The normalized spacial score (nSPS) is 9.80. The highest BCUT2D eigenvalue weighted by Crippen LogP contribution is 2.10. The van der Waals surface area contributed by atoms with Crippen molar-refractivity contribution in [3.63, 3.8) is 0 Å². The van der Waals surface area contributed by atoms with Crippen LogP contribution in [0.15, 0.2) is 6.20 Å². The zero-order valence-corrected chi connectivity index (χ0v) is 9.55. The number of nitrogens with zero attached hydrogens (tertiary/aromatic N) is 2. The minimum atomic E-state index is -2.78. The van der Waals surface area contributed by atoms with Gasteiger partial charge in [-0.2, -0.15) is 8.78 Å². The predicted octanol–water partition coefficient (Wildman–Crippen LogP) is 3.20. The average molecular weight is 239 g/mol. The molecule has 0 aliphatic rings. The van der Waals surface area contributed by atoms with Crippen LogP contribution in [-0.2, 0) is 11.3 Å². The quantitative estimate of drug-likeness (QED) is 0.759. The van der Waals surface area contributed by atoms with Crippen LogP contribution < -0.4 is 0 Å². The first-order chi connectivity index (χ1) is 7.09. The SMILES string of the molecule is CC.Cc1nc(Cl)ncc1COC(F)F. The standard InChI is InChI=1S/C7H7ClF2N2O.C2H6/c1-4-5(3-13-7(9)10)2-11-6(8)12-4;1-2/h2,7H,3H2,1H3;1-2H3. The molecule has 1 aromatic rings. The van der Waals surface area contributed by atoms with Gasteiger partial charge >= 0.3 is 6.61 Å². The van der Waals surface area contributed by atoms with Crippen LogP contribution in [0.1, 0.15) is 25.1 Å². The van der Waals surface area contributed by atoms with Crippen molar-refractivity contribution in [3.05, 3.63) is 22.7 Å². The Bertz CT molecular complexity index is 297. The Hall–Kier alpha value is -0.810. The zero-order chi connectivity index (χ0) is 11.8. The van der Waals surface area contributed by atoms with E-state index in [4.69, 9.17) is 11.6 Å². The van der Waals surface area contributed by atoms with Crippen molar-refractivity contribution in [3.8, 4) is 0 Å². The summed E-state index contributed by atoms with van der Waals surface area (Å²) < 4.78 is 27.4. The number of hydrogen-bond acceptors (Lipinski definition) is 3. The Labute approximate surface area is 92.4 Å². The molecule has 0 aliphatic heterocycles. The van der Waals surface area contributed by atoms with E-state index in [0.717, 1.165) is 0 Å². The molecule has 15 heavy (non-hydrogen) atoms. The highest BCUT2D eigenvalue weighted by atomic mass is 35.5. The minimum Gasteiger partial charge on any atom is -0.318 e. The molecule has 0 radical (unpaired) electrons. The first-order valence-corrected chi connectivity index (χ1v) is 4.85. The van der Waals surface area contributed by atoms with E-state index in [1.807, 2.05) is 13.8 Å². The molecule has 1 heterocycles. The second-order valence-corrected chi connectivity index (χ2v) is 2.66. The van der Waals surface area contributed by atoms with Crippen LogP contribution >= 0.6 is 11.6 Å². The van der Waals surface area contributed by atoms with Crippen molar-refractivity contribution in [2.75, 3.05) is 0 Å². The first kappa shape index (κ1) is 14.2. The van der Waals surface area contributed by atoms with Crippen molar-refractivity contribution >= 4 is 11.6 Å². The molecule has 0 atom stereocenters.